The zero-order valence-electron chi connectivity index (χ0n) is 21.0. The van der Waals surface area contributed by atoms with Gasteiger partial charge >= 0.3 is 6.03 Å². The molecule has 8 nitrogen and oxygen atoms in total. The van der Waals surface area contributed by atoms with Crippen molar-refractivity contribution >= 4 is 23.5 Å². The average Bonchev–Trinajstić information content (AvgIpc) is 3.64. The first kappa shape index (κ1) is 24.6. The highest BCUT2D eigenvalue weighted by molar-refractivity contribution is 5.99. The number of carbonyl (C=O) groups excluding carboxylic acids is 3. The Kier molecular flexibility index (Phi) is 7.25. The van der Waals surface area contributed by atoms with Crippen LogP contribution >= 0.6 is 0 Å². The van der Waals surface area contributed by atoms with E-state index in [9.17, 15) is 14.4 Å². The maximum absolute atomic E-state index is 13.5. The lowest BCUT2D eigenvalue weighted by molar-refractivity contribution is -0.121. The largest absolute Gasteiger partial charge is 0.464 e. The van der Waals surface area contributed by atoms with Gasteiger partial charge in [0.05, 0.1) is 12.8 Å². The molecule has 1 unspecified atom stereocenters. The summed E-state index contributed by atoms with van der Waals surface area (Å²) in [4.78, 5) is 43.4. The van der Waals surface area contributed by atoms with Crippen molar-refractivity contribution in [2.45, 2.75) is 44.7 Å². The number of hydrogen-bond acceptors (Lipinski definition) is 4. The predicted molar refractivity (Wildman–Crippen MR) is 141 cm³/mol. The molecule has 2 aliphatic rings. The fourth-order valence-electron chi connectivity index (χ4n) is 5.06. The van der Waals surface area contributed by atoms with E-state index in [0.29, 0.717) is 23.6 Å². The van der Waals surface area contributed by atoms with E-state index in [2.05, 4.69) is 10.6 Å². The molecule has 2 N–H and O–H groups in total. The van der Waals surface area contributed by atoms with Crippen LogP contribution in [0.3, 0.4) is 0 Å². The Labute approximate surface area is 216 Å². The number of rotatable bonds is 5. The second-order valence-corrected chi connectivity index (χ2v) is 9.80. The number of amides is 4. The van der Waals surface area contributed by atoms with Crippen molar-refractivity contribution in [2.75, 3.05) is 25.0 Å². The van der Waals surface area contributed by atoms with Gasteiger partial charge in [-0.1, -0.05) is 42.7 Å². The SMILES string of the molecule is Cc1ccc(NC(=O)C2CN(C(=O)c3cccc(-c4ccco4)c3)CCN2C(=O)NC2CCCC2)cc1. The van der Waals surface area contributed by atoms with E-state index in [-0.39, 0.29) is 37.0 Å². The molecule has 0 spiro atoms. The molecule has 37 heavy (non-hydrogen) atoms. The minimum absolute atomic E-state index is 0.111. The van der Waals surface area contributed by atoms with Gasteiger partial charge in [-0.05, 0) is 56.2 Å². The Morgan fingerprint density at radius 3 is 2.46 bits per heavy atom. The molecule has 2 aromatic carbocycles. The van der Waals surface area contributed by atoms with Crippen molar-refractivity contribution < 1.29 is 18.8 Å². The van der Waals surface area contributed by atoms with Crippen LogP contribution in [0.25, 0.3) is 11.3 Å². The second kappa shape index (κ2) is 10.9. The lowest BCUT2D eigenvalue weighted by atomic mass is 10.1. The van der Waals surface area contributed by atoms with E-state index in [0.717, 1.165) is 36.8 Å². The molecule has 0 radical (unpaired) electrons. The Morgan fingerprint density at radius 1 is 0.946 bits per heavy atom. The highest BCUT2D eigenvalue weighted by Crippen LogP contribution is 2.23. The minimum Gasteiger partial charge on any atom is -0.464 e. The summed E-state index contributed by atoms with van der Waals surface area (Å²) >= 11 is 0. The smallest absolute Gasteiger partial charge is 0.318 e. The molecule has 192 valence electrons. The Morgan fingerprint density at radius 2 is 1.73 bits per heavy atom. The zero-order valence-corrected chi connectivity index (χ0v) is 21.0. The van der Waals surface area contributed by atoms with Gasteiger partial charge in [0.25, 0.3) is 5.91 Å². The van der Waals surface area contributed by atoms with Gasteiger partial charge in [-0.25, -0.2) is 4.79 Å². The first-order valence-corrected chi connectivity index (χ1v) is 12.9. The summed E-state index contributed by atoms with van der Waals surface area (Å²) in [5.74, 6) is 0.183. The predicted octanol–water partition coefficient (Wildman–Crippen LogP) is 4.67. The number of hydrogen-bond donors (Lipinski definition) is 2. The first-order valence-electron chi connectivity index (χ1n) is 12.9. The van der Waals surface area contributed by atoms with Crippen molar-refractivity contribution in [3.63, 3.8) is 0 Å². The van der Waals surface area contributed by atoms with E-state index < -0.39 is 6.04 Å². The highest BCUT2D eigenvalue weighted by atomic mass is 16.3. The summed E-state index contributed by atoms with van der Waals surface area (Å²) in [7, 11) is 0. The monoisotopic (exact) mass is 500 g/mol. The van der Waals surface area contributed by atoms with Gasteiger partial charge in [-0.2, -0.15) is 0 Å². The summed E-state index contributed by atoms with van der Waals surface area (Å²) in [5, 5.41) is 6.03. The molecule has 1 aliphatic carbocycles. The molecule has 4 amide bonds. The maximum Gasteiger partial charge on any atom is 0.318 e. The van der Waals surface area contributed by atoms with Crippen LogP contribution in [0.5, 0.6) is 0 Å². The van der Waals surface area contributed by atoms with E-state index in [1.807, 2.05) is 49.4 Å². The summed E-state index contributed by atoms with van der Waals surface area (Å²) in [5.41, 5.74) is 3.05. The van der Waals surface area contributed by atoms with Gasteiger partial charge in [-0.15, -0.1) is 0 Å². The van der Waals surface area contributed by atoms with E-state index in [1.165, 1.54) is 0 Å². The second-order valence-electron chi connectivity index (χ2n) is 9.80. The van der Waals surface area contributed by atoms with Crippen molar-refractivity contribution in [1.82, 2.24) is 15.1 Å². The number of nitrogens with one attached hydrogen (secondary N) is 2. The number of nitrogens with zero attached hydrogens (tertiary/aromatic N) is 2. The molecule has 1 aromatic heterocycles. The van der Waals surface area contributed by atoms with Crippen LogP contribution in [0.2, 0.25) is 0 Å². The molecule has 2 heterocycles. The van der Waals surface area contributed by atoms with Crippen LogP contribution in [-0.2, 0) is 4.79 Å². The van der Waals surface area contributed by atoms with Crippen molar-refractivity contribution in [1.29, 1.82) is 0 Å². The van der Waals surface area contributed by atoms with E-state index in [4.69, 9.17) is 4.42 Å². The van der Waals surface area contributed by atoms with E-state index >= 15 is 0 Å². The summed E-state index contributed by atoms with van der Waals surface area (Å²) < 4.78 is 5.48. The van der Waals surface area contributed by atoms with Gasteiger partial charge in [-0.3, -0.25) is 9.59 Å². The maximum atomic E-state index is 13.5. The van der Waals surface area contributed by atoms with Gasteiger partial charge < -0.3 is 24.9 Å². The van der Waals surface area contributed by atoms with Gasteiger partial charge in [0, 0.05) is 35.9 Å². The standard InChI is InChI=1S/C29H32N4O4/c1-20-11-13-24(14-12-20)30-27(34)25-19-32(15-16-33(25)29(36)31-23-8-2-3-9-23)28(35)22-7-4-6-21(18-22)26-10-5-17-37-26/h4-7,10-14,17-18,23,25H,2-3,8-9,15-16,19H2,1H3,(H,30,34)(H,31,36). The number of aryl methyl sites for hydroxylation is 1. The van der Waals surface area contributed by atoms with Gasteiger partial charge in [0.15, 0.2) is 0 Å². The van der Waals surface area contributed by atoms with Crippen LogP contribution < -0.4 is 10.6 Å². The Balaban J connectivity index is 1.34. The Hall–Kier alpha value is -4.07. The fourth-order valence-corrected chi connectivity index (χ4v) is 5.06. The number of benzene rings is 2. The lowest BCUT2D eigenvalue weighted by Crippen LogP contribution is -2.62. The molecule has 1 saturated heterocycles. The average molecular weight is 501 g/mol. The van der Waals surface area contributed by atoms with Crippen molar-refractivity contribution in [3.05, 3.63) is 78.1 Å². The van der Waals surface area contributed by atoms with Crippen LogP contribution in [0, 0.1) is 6.92 Å². The highest BCUT2D eigenvalue weighted by Gasteiger charge is 2.38. The normalized spacial score (nSPS) is 18.0. The third kappa shape index (κ3) is 5.69. The summed E-state index contributed by atoms with van der Waals surface area (Å²) in [6.45, 7) is 2.70. The number of carbonyl (C=O) groups is 3. The van der Waals surface area contributed by atoms with Crippen LogP contribution in [0.1, 0.15) is 41.6 Å². The van der Waals surface area contributed by atoms with Crippen LogP contribution in [-0.4, -0.2) is 59.4 Å². The molecule has 2 fully saturated rings. The third-order valence-corrected chi connectivity index (χ3v) is 7.15. The lowest BCUT2D eigenvalue weighted by Gasteiger charge is -2.40. The molecular weight excluding hydrogens is 468 g/mol. The van der Waals surface area contributed by atoms with Crippen molar-refractivity contribution in [3.8, 4) is 11.3 Å². The molecule has 0 bridgehead atoms. The summed E-state index contributed by atoms with van der Waals surface area (Å²) in [6, 6.07) is 17.5. The molecule has 1 atom stereocenters. The van der Waals surface area contributed by atoms with E-state index in [1.54, 1.807) is 34.3 Å². The number of furan rings is 1. The fraction of sp³-hybridized carbons (Fsp3) is 0.345. The molecule has 3 aromatic rings. The third-order valence-electron chi connectivity index (χ3n) is 7.15. The zero-order chi connectivity index (χ0) is 25.8. The number of piperazine rings is 1. The topological polar surface area (TPSA) is 94.9 Å². The quantitative estimate of drug-likeness (QED) is 0.532. The summed E-state index contributed by atoms with van der Waals surface area (Å²) in [6.07, 6.45) is 5.70. The first-order chi connectivity index (χ1) is 18.0. The van der Waals surface area contributed by atoms with Gasteiger partial charge in [0.1, 0.15) is 11.8 Å². The molecule has 8 heteroatoms. The van der Waals surface area contributed by atoms with Gasteiger partial charge in [0.2, 0.25) is 5.91 Å². The van der Waals surface area contributed by atoms with Crippen LogP contribution in [0.15, 0.2) is 71.3 Å². The number of urea groups is 1. The van der Waals surface area contributed by atoms with Crippen molar-refractivity contribution in [2.24, 2.45) is 0 Å². The number of anilines is 1. The van der Waals surface area contributed by atoms with Crippen LogP contribution in [0.4, 0.5) is 10.5 Å². The molecule has 1 aliphatic heterocycles. The Bertz CT molecular complexity index is 1250. The molecular formula is C29H32N4O4. The molecule has 5 rings (SSSR count). The minimum atomic E-state index is -0.811. The molecule has 1 saturated carbocycles.